The molecule has 0 spiro atoms. The number of aryl methyl sites for hydroxylation is 5. The summed E-state index contributed by atoms with van der Waals surface area (Å²) in [6.07, 6.45) is 0. The van der Waals surface area contributed by atoms with Gasteiger partial charge in [0.1, 0.15) is 27.4 Å². The van der Waals surface area contributed by atoms with Gasteiger partial charge in [0.15, 0.2) is 5.78 Å². The van der Waals surface area contributed by atoms with Crippen LogP contribution in [0.4, 0.5) is 0 Å². The van der Waals surface area contributed by atoms with E-state index < -0.39 is 20.8 Å². The summed E-state index contributed by atoms with van der Waals surface area (Å²) in [5.41, 5.74) is 6.16. The molecule has 0 saturated heterocycles. The standard InChI is InChI=1S/C34H36O9S2.2Na/c1-19-9-10-24(17-29(19)44-43-42-36)31(35)25-11-12-28(30(18-25)45(37,38)39)41-33-22(4)15-27(16-23(33)5)34(6,7)26-13-20(2)32(40-8)21(3)14-26;;/h9-18,36H,1-8H3,(H,37,38,39);;/q;2*+1/p-2. The second kappa shape index (κ2) is 16.8. The minimum atomic E-state index is -5.04. The van der Waals surface area contributed by atoms with Gasteiger partial charge in [0, 0.05) is 21.4 Å². The van der Waals surface area contributed by atoms with E-state index in [0.717, 1.165) is 50.8 Å². The summed E-state index contributed by atoms with van der Waals surface area (Å²) in [4.78, 5) is 13.1. The van der Waals surface area contributed by atoms with E-state index >= 15 is 0 Å². The maximum Gasteiger partial charge on any atom is 1.00 e. The van der Waals surface area contributed by atoms with Gasteiger partial charge in [-0.15, -0.1) is 0 Å². The van der Waals surface area contributed by atoms with Crippen molar-refractivity contribution in [3.05, 3.63) is 111 Å². The first kappa shape index (κ1) is 41.5. The van der Waals surface area contributed by atoms with Gasteiger partial charge in [-0.25, -0.2) is 8.42 Å². The number of hydrogen-bond donors (Lipinski definition) is 0. The Balaban J connectivity index is 0.00000384. The van der Waals surface area contributed by atoms with Crippen LogP contribution < -0.4 is 73.8 Å². The van der Waals surface area contributed by atoms with E-state index in [2.05, 4.69) is 35.4 Å². The number of carbonyl (C=O) groups is 1. The van der Waals surface area contributed by atoms with E-state index in [-0.39, 0.29) is 81.4 Å². The van der Waals surface area contributed by atoms with Crippen molar-refractivity contribution in [1.29, 1.82) is 0 Å². The normalized spacial score (nSPS) is 11.4. The Morgan fingerprint density at radius 3 is 1.72 bits per heavy atom. The van der Waals surface area contributed by atoms with Crippen molar-refractivity contribution < 1.29 is 101 Å². The molecule has 4 aromatic carbocycles. The number of methoxy groups -OCH3 is 1. The molecule has 0 saturated carbocycles. The Morgan fingerprint density at radius 1 is 0.745 bits per heavy atom. The SMILES string of the molecule is COc1c(C)cc(C(C)(C)c2cc(C)c(Oc3ccc(C(=O)c4ccc(C)c(SOO[O-])c4)cc3S(=O)(=O)[O-])c(C)c2)cc1C.[Na+].[Na+]. The molecule has 0 aliphatic carbocycles. The van der Waals surface area contributed by atoms with Gasteiger partial charge in [0.25, 0.3) is 0 Å². The minimum absolute atomic E-state index is 0. The van der Waals surface area contributed by atoms with Gasteiger partial charge >= 0.3 is 59.1 Å². The first-order valence-electron chi connectivity index (χ1n) is 13.9. The van der Waals surface area contributed by atoms with Crippen molar-refractivity contribution in [2.75, 3.05) is 7.11 Å². The molecule has 0 aliphatic heterocycles. The molecule has 9 nitrogen and oxygen atoms in total. The molecule has 0 atom stereocenters. The summed E-state index contributed by atoms with van der Waals surface area (Å²) in [6.45, 7) is 13.7. The molecule has 0 N–H and O–H groups in total. The maximum atomic E-state index is 13.3. The van der Waals surface area contributed by atoms with E-state index in [1.165, 1.54) is 18.2 Å². The molecular formula is C34H34Na2O9S2. The fourth-order valence-corrected chi connectivity index (χ4v) is 6.46. The van der Waals surface area contributed by atoms with Crippen LogP contribution in [0.15, 0.2) is 70.5 Å². The average Bonchev–Trinajstić information content (AvgIpc) is 2.97. The molecule has 13 heteroatoms. The quantitative estimate of drug-likeness (QED) is 0.0552. The fourth-order valence-electron chi connectivity index (χ4n) is 5.36. The number of ketones is 1. The van der Waals surface area contributed by atoms with Crippen LogP contribution >= 0.6 is 12.0 Å². The van der Waals surface area contributed by atoms with Crippen LogP contribution in [0.1, 0.15) is 68.7 Å². The van der Waals surface area contributed by atoms with Gasteiger partial charge in [-0.3, -0.25) is 9.83 Å². The van der Waals surface area contributed by atoms with Crippen LogP contribution in [0.2, 0.25) is 0 Å². The zero-order valence-corrected chi connectivity index (χ0v) is 33.9. The minimum Gasteiger partial charge on any atom is -0.744 e. The summed E-state index contributed by atoms with van der Waals surface area (Å²) < 4.78 is 53.1. The van der Waals surface area contributed by atoms with E-state index in [1.54, 1.807) is 26.2 Å². The molecule has 0 heterocycles. The van der Waals surface area contributed by atoms with Crippen molar-refractivity contribution in [2.45, 2.75) is 63.7 Å². The van der Waals surface area contributed by atoms with Gasteiger partial charge in [-0.2, -0.15) is 4.33 Å². The molecule has 0 aromatic heterocycles. The van der Waals surface area contributed by atoms with Crippen LogP contribution in [-0.2, 0) is 24.9 Å². The molecule has 0 unspecified atom stereocenters. The van der Waals surface area contributed by atoms with E-state index in [4.69, 9.17) is 9.47 Å². The third-order valence-electron chi connectivity index (χ3n) is 7.86. The van der Waals surface area contributed by atoms with Crippen molar-refractivity contribution >= 4 is 27.9 Å². The Labute approximate surface area is 324 Å². The number of carbonyl (C=O) groups excluding carboxylic acids is 1. The Hall–Kier alpha value is -1.71. The smallest absolute Gasteiger partial charge is 0.744 e. The Morgan fingerprint density at radius 2 is 1.23 bits per heavy atom. The van der Waals surface area contributed by atoms with Crippen molar-refractivity contribution in [3.8, 4) is 17.2 Å². The van der Waals surface area contributed by atoms with Crippen LogP contribution in [0.5, 0.6) is 17.2 Å². The van der Waals surface area contributed by atoms with Crippen molar-refractivity contribution in [2.24, 2.45) is 0 Å². The number of benzene rings is 4. The number of ether oxygens (including phenoxy) is 2. The fraction of sp³-hybridized carbons (Fsp3) is 0.265. The molecular weight excluding hydrogens is 662 g/mol. The monoisotopic (exact) mass is 696 g/mol. The predicted octanol–water partition coefficient (Wildman–Crippen LogP) is 0.729. The summed E-state index contributed by atoms with van der Waals surface area (Å²) in [5.74, 6) is 0.522. The van der Waals surface area contributed by atoms with Crippen LogP contribution in [-0.4, -0.2) is 25.9 Å². The predicted molar refractivity (Wildman–Crippen MR) is 168 cm³/mol. The van der Waals surface area contributed by atoms with Crippen LogP contribution in [0.25, 0.3) is 0 Å². The molecule has 47 heavy (non-hydrogen) atoms. The third-order valence-corrected chi connectivity index (χ3v) is 9.46. The largest absolute Gasteiger partial charge is 1.00 e. The second-order valence-corrected chi connectivity index (χ2v) is 13.5. The Kier molecular flexibility index (Phi) is 14.8. The van der Waals surface area contributed by atoms with Gasteiger partial charge in [0.2, 0.25) is 0 Å². The summed E-state index contributed by atoms with van der Waals surface area (Å²) in [5, 5.41) is 13.6. The van der Waals surface area contributed by atoms with E-state index in [9.17, 15) is 23.0 Å². The number of rotatable bonds is 11. The third kappa shape index (κ3) is 9.30. The topological polar surface area (TPSA) is 134 Å². The van der Waals surface area contributed by atoms with Gasteiger partial charge in [-0.1, -0.05) is 50.2 Å². The van der Waals surface area contributed by atoms with Crippen molar-refractivity contribution in [1.82, 2.24) is 0 Å². The van der Waals surface area contributed by atoms with E-state index in [1.807, 2.05) is 39.8 Å². The zero-order valence-electron chi connectivity index (χ0n) is 28.3. The molecule has 0 bridgehead atoms. The zero-order chi connectivity index (χ0) is 33.3. The number of hydrogen-bond acceptors (Lipinski definition) is 10. The second-order valence-electron chi connectivity index (χ2n) is 11.5. The first-order chi connectivity index (χ1) is 21.1. The van der Waals surface area contributed by atoms with Gasteiger partial charge in [0.05, 0.1) is 24.0 Å². The molecule has 0 radical (unpaired) electrons. The summed E-state index contributed by atoms with van der Waals surface area (Å²) in [6, 6.07) is 16.6. The summed E-state index contributed by atoms with van der Waals surface area (Å²) >= 11 is 0.633. The van der Waals surface area contributed by atoms with E-state index in [0.29, 0.717) is 22.7 Å². The molecule has 0 fully saturated rings. The molecule has 4 rings (SSSR count). The molecule has 4 aromatic rings. The molecule has 0 amide bonds. The maximum absolute atomic E-state index is 13.3. The van der Waals surface area contributed by atoms with Crippen LogP contribution in [0.3, 0.4) is 0 Å². The first-order valence-corrected chi connectivity index (χ1v) is 16.1. The Bertz CT molecular complexity index is 1840. The average molecular weight is 697 g/mol. The molecule has 0 aliphatic rings. The van der Waals surface area contributed by atoms with Crippen LogP contribution in [0, 0.1) is 34.6 Å². The summed E-state index contributed by atoms with van der Waals surface area (Å²) in [7, 11) is -3.38. The molecule has 238 valence electrons. The van der Waals surface area contributed by atoms with Gasteiger partial charge < -0.3 is 19.3 Å². The van der Waals surface area contributed by atoms with Crippen molar-refractivity contribution in [3.63, 3.8) is 0 Å². The van der Waals surface area contributed by atoms with Gasteiger partial charge in [-0.05, 0) is 97.8 Å².